The number of nitrogens with zero attached hydrogens (tertiary/aromatic N) is 1. The summed E-state index contributed by atoms with van der Waals surface area (Å²) in [7, 11) is 0. The number of carbonyl (C=O) groups excluding carboxylic acids is 1. The molecule has 2 rings (SSSR count). The van der Waals surface area contributed by atoms with Crippen LogP contribution in [-0.4, -0.2) is 22.4 Å². The van der Waals surface area contributed by atoms with Crippen molar-refractivity contribution in [1.82, 2.24) is 15.3 Å². The Hall–Kier alpha value is -1.86. The predicted octanol–water partition coefficient (Wildman–Crippen LogP) is 2.24. The highest BCUT2D eigenvalue weighted by molar-refractivity contribution is 7.07. The summed E-state index contributed by atoms with van der Waals surface area (Å²) >= 11 is 7.14. The predicted molar refractivity (Wildman–Crippen MR) is 84.1 cm³/mol. The Kier molecular flexibility index (Phi) is 5.35. The first kappa shape index (κ1) is 15.5. The lowest BCUT2D eigenvalue weighted by Crippen LogP contribution is -2.23. The summed E-state index contributed by atoms with van der Waals surface area (Å²) in [6.45, 7) is 3.06. The maximum Gasteiger partial charge on any atom is 0.304 e. The second-order valence-electron chi connectivity index (χ2n) is 4.34. The minimum absolute atomic E-state index is 0.143. The number of carbonyl (C=O) groups is 1. The molecule has 0 aliphatic rings. The lowest BCUT2D eigenvalue weighted by atomic mass is 10.2. The number of anilines is 1. The monoisotopic (exact) mass is 326 g/mol. The molecule has 0 saturated heterocycles. The van der Waals surface area contributed by atoms with Gasteiger partial charge in [-0.15, -0.1) is 0 Å². The van der Waals surface area contributed by atoms with Crippen molar-refractivity contribution in [3.8, 4) is 0 Å². The third-order valence-electron chi connectivity index (χ3n) is 2.66. The maximum atomic E-state index is 12.0. The van der Waals surface area contributed by atoms with Crippen LogP contribution in [0.2, 0.25) is 5.02 Å². The molecule has 0 saturated carbocycles. The number of thiazole rings is 1. The first-order valence-corrected chi connectivity index (χ1v) is 7.70. The lowest BCUT2D eigenvalue weighted by Gasteiger charge is -2.08. The molecule has 0 spiro atoms. The minimum atomic E-state index is -0.293. The van der Waals surface area contributed by atoms with Gasteiger partial charge in [0.1, 0.15) is 5.82 Å². The number of H-pyrrole nitrogens is 1. The minimum Gasteiger partial charge on any atom is -0.369 e. The first-order chi connectivity index (χ1) is 10.1. The van der Waals surface area contributed by atoms with E-state index in [1.165, 1.54) is 6.20 Å². The Bertz CT molecular complexity index is 683. The van der Waals surface area contributed by atoms with E-state index in [4.69, 9.17) is 11.6 Å². The summed E-state index contributed by atoms with van der Waals surface area (Å²) < 4.78 is 0. The molecule has 6 nitrogen and oxygen atoms in total. The van der Waals surface area contributed by atoms with E-state index in [1.54, 1.807) is 11.4 Å². The van der Waals surface area contributed by atoms with E-state index in [1.807, 2.05) is 6.92 Å². The third-order valence-corrected chi connectivity index (χ3v) is 3.66. The van der Waals surface area contributed by atoms with E-state index < -0.39 is 0 Å². The molecule has 0 radical (unpaired) electrons. The number of pyridine rings is 1. The van der Waals surface area contributed by atoms with Gasteiger partial charge in [-0.05, 0) is 12.5 Å². The summed E-state index contributed by atoms with van der Waals surface area (Å²) in [5, 5.41) is 7.85. The van der Waals surface area contributed by atoms with Crippen molar-refractivity contribution in [2.24, 2.45) is 0 Å². The molecule has 1 amide bonds. The van der Waals surface area contributed by atoms with Crippen LogP contribution in [0.4, 0.5) is 5.82 Å². The van der Waals surface area contributed by atoms with Crippen LogP contribution in [0.1, 0.15) is 29.4 Å². The van der Waals surface area contributed by atoms with Crippen LogP contribution in [-0.2, 0) is 6.54 Å². The molecule has 0 aliphatic heterocycles. The highest BCUT2D eigenvalue weighted by Gasteiger charge is 2.10. The molecule has 2 aromatic heterocycles. The fourth-order valence-electron chi connectivity index (χ4n) is 1.61. The van der Waals surface area contributed by atoms with Gasteiger partial charge in [0.2, 0.25) is 0 Å². The summed E-state index contributed by atoms with van der Waals surface area (Å²) in [6.07, 6.45) is 2.43. The van der Waals surface area contributed by atoms with E-state index in [0.29, 0.717) is 22.1 Å². The lowest BCUT2D eigenvalue weighted by molar-refractivity contribution is 0.0950. The van der Waals surface area contributed by atoms with E-state index in [2.05, 4.69) is 20.6 Å². The van der Waals surface area contributed by atoms with Gasteiger partial charge in [0.05, 0.1) is 17.1 Å². The van der Waals surface area contributed by atoms with Gasteiger partial charge in [-0.2, -0.15) is 0 Å². The summed E-state index contributed by atoms with van der Waals surface area (Å²) in [5.41, 5.74) is 1.04. The van der Waals surface area contributed by atoms with E-state index in [9.17, 15) is 9.59 Å². The van der Waals surface area contributed by atoms with Crippen molar-refractivity contribution in [3.63, 3.8) is 0 Å². The normalized spacial score (nSPS) is 10.4. The molecule has 0 fully saturated rings. The van der Waals surface area contributed by atoms with Gasteiger partial charge in [-0.3, -0.25) is 9.59 Å². The third kappa shape index (κ3) is 4.30. The Morgan fingerprint density at radius 1 is 1.52 bits per heavy atom. The zero-order chi connectivity index (χ0) is 15.2. The van der Waals surface area contributed by atoms with Gasteiger partial charge in [0.15, 0.2) is 0 Å². The fourth-order valence-corrected chi connectivity index (χ4v) is 2.43. The average Bonchev–Trinajstić information content (AvgIpc) is 2.89. The number of hydrogen-bond acceptors (Lipinski definition) is 5. The van der Waals surface area contributed by atoms with Gasteiger partial charge >= 0.3 is 4.87 Å². The van der Waals surface area contributed by atoms with Crippen molar-refractivity contribution in [2.45, 2.75) is 19.9 Å². The quantitative estimate of drug-likeness (QED) is 0.759. The number of hydrogen-bond donors (Lipinski definition) is 3. The Labute approximate surface area is 130 Å². The number of rotatable bonds is 6. The second kappa shape index (κ2) is 7.24. The molecule has 0 unspecified atom stereocenters. The van der Waals surface area contributed by atoms with Crippen LogP contribution in [0.15, 0.2) is 22.4 Å². The zero-order valence-corrected chi connectivity index (χ0v) is 13.0. The van der Waals surface area contributed by atoms with Crippen molar-refractivity contribution >= 4 is 34.7 Å². The Morgan fingerprint density at radius 3 is 2.95 bits per heavy atom. The fraction of sp³-hybridized carbons (Fsp3) is 0.308. The van der Waals surface area contributed by atoms with Crippen LogP contribution >= 0.6 is 22.9 Å². The molecule has 0 aromatic carbocycles. The number of aromatic amines is 1. The maximum absolute atomic E-state index is 12.0. The van der Waals surface area contributed by atoms with Crippen LogP contribution in [0, 0.1) is 0 Å². The number of amides is 1. The summed E-state index contributed by atoms with van der Waals surface area (Å²) in [4.78, 5) is 29.6. The highest BCUT2D eigenvalue weighted by atomic mass is 35.5. The molecule has 0 atom stereocenters. The number of halogens is 1. The number of aromatic nitrogens is 2. The second-order valence-corrected chi connectivity index (χ2v) is 5.59. The van der Waals surface area contributed by atoms with Gasteiger partial charge in [-0.1, -0.05) is 29.9 Å². The van der Waals surface area contributed by atoms with Crippen LogP contribution in [0.5, 0.6) is 0 Å². The first-order valence-electron chi connectivity index (χ1n) is 6.44. The van der Waals surface area contributed by atoms with Crippen molar-refractivity contribution in [1.29, 1.82) is 0 Å². The Morgan fingerprint density at radius 2 is 2.33 bits per heavy atom. The zero-order valence-electron chi connectivity index (χ0n) is 11.4. The molecule has 3 N–H and O–H groups in total. The van der Waals surface area contributed by atoms with E-state index >= 15 is 0 Å². The summed E-state index contributed by atoms with van der Waals surface area (Å²) in [5.74, 6) is 0.274. The average molecular weight is 327 g/mol. The van der Waals surface area contributed by atoms with Crippen LogP contribution in [0.3, 0.4) is 0 Å². The van der Waals surface area contributed by atoms with Gasteiger partial charge < -0.3 is 15.6 Å². The Balaban J connectivity index is 1.99. The molecular weight excluding hydrogens is 312 g/mol. The highest BCUT2D eigenvalue weighted by Crippen LogP contribution is 2.20. The smallest absolute Gasteiger partial charge is 0.304 e. The van der Waals surface area contributed by atoms with E-state index in [-0.39, 0.29) is 17.3 Å². The van der Waals surface area contributed by atoms with Gasteiger partial charge in [-0.25, -0.2) is 4.98 Å². The molecule has 8 heteroatoms. The van der Waals surface area contributed by atoms with Crippen LogP contribution < -0.4 is 15.5 Å². The SMILES string of the molecule is CCCNc1ncc(C(=O)NCc2csc(=O)[nH]2)cc1Cl. The number of nitrogens with one attached hydrogen (secondary N) is 3. The van der Waals surface area contributed by atoms with Crippen molar-refractivity contribution < 1.29 is 4.79 Å². The molecule has 2 heterocycles. The molecular formula is C13H15ClN4O2S. The van der Waals surface area contributed by atoms with Crippen molar-refractivity contribution in [2.75, 3.05) is 11.9 Å². The van der Waals surface area contributed by atoms with Gasteiger partial charge in [0, 0.05) is 23.8 Å². The molecule has 0 bridgehead atoms. The molecule has 0 aliphatic carbocycles. The molecule has 112 valence electrons. The van der Waals surface area contributed by atoms with Crippen molar-refractivity contribution in [3.05, 3.63) is 43.6 Å². The van der Waals surface area contributed by atoms with Gasteiger partial charge in [0.25, 0.3) is 5.91 Å². The standard InChI is InChI=1S/C13H15ClN4O2S/c1-2-3-15-11-10(14)4-8(5-16-11)12(19)17-6-9-7-21-13(20)18-9/h4-5,7H,2-3,6H2,1H3,(H,15,16)(H,17,19)(H,18,20). The molecule has 2 aromatic rings. The topological polar surface area (TPSA) is 86.9 Å². The molecule has 21 heavy (non-hydrogen) atoms. The van der Waals surface area contributed by atoms with Crippen LogP contribution in [0.25, 0.3) is 0 Å². The van der Waals surface area contributed by atoms with E-state index in [0.717, 1.165) is 24.3 Å². The summed E-state index contributed by atoms with van der Waals surface area (Å²) in [6, 6.07) is 1.57. The largest absolute Gasteiger partial charge is 0.369 e.